The fourth-order valence-electron chi connectivity index (χ4n) is 3.37. The Bertz CT molecular complexity index is 291. The van der Waals surface area contributed by atoms with Crippen LogP contribution in [0.25, 0.3) is 0 Å². The number of carboxylic acid groups (broad SMARTS) is 1. The number of likely N-dealkylation sites (tertiary alicyclic amines) is 1. The van der Waals surface area contributed by atoms with E-state index in [0.717, 1.165) is 13.1 Å². The van der Waals surface area contributed by atoms with Crippen molar-refractivity contribution in [2.75, 3.05) is 13.1 Å². The SMILES string of the molecule is CC1CN(C2CCC(C)(C)CC2)CC1C(=O)O. The van der Waals surface area contributed by atoms with Crippen LogP contribution in [0, 0.1) is 17.3 Å². The Hall–Kier alpha value is -0.570. The van der Waals surface area contributed by atoms with Gasteiger partial charge in [0, 0.05) is 19.1 Å². The Morgan fingerprint density at radius 1 is 1.24 bits per heavy atom. The van der Waals surface area contributed by atoms with Gasteiger partial charge in [-0.15, -0.1) is 0 Å². The molecule has 1 aliphatic heterocycles. The van der Waals surface area contributed by atoms with Gasteiger partial charge in [-0.3, -0.25) is 9.69 Å². The molecule has 0 bridgehead atoms. The summed E-state index contributed by atoms with van der Waals surface area (Å²) < 4.78 is 0. The van der Waals surface area contributed by atoms with Crippen molar-refractivity contribution in [3.05, 3.63) is 0 Å². The van der Waals surface area contributed by atoms with Crippen LogP contribution < -0.4 is 0 Å². The molecule has 2 fully saturated rings. The molecule has 1 heterocycles. The topological polar surface area (TPSA) is 40.5 Å². The summed E-state index contributed by atoms with van der Waals surface area (Å²) in [5.74, 6) is -0.455. The van der Waals surface area contributed by atoms with Gasteiger partial charge in [0.1, 0.15) is 0 Å². The van der Waals surface area contributed by atoms with Gasteiger partial charge in [0.2, 0.25) is 0 Å². The van der Waals surface area contributed by atoms with Crippen LogP contribution in [0.4, 0.5) is 0 Å². The predicted molar refractivity (Wildman–Crippen MR) is 67.9 cm³/mol. The van der Waals surface area contributed by atoms with Crippen molar-refractivity contribution in [3.63, 3.8) is 0 Å². The van der Waals surface area contributed by atoms with Crippen LogP contribution in [0.3, 0.4) is 0 Å². The van der Waals surface area contributed by atoms with E-state index >= 15 is 0 Å². The number of hydrogen-bond donors (Lipinski definition) is 1. The van der Waals surface area contributed by atoms with Crippen LogP contribution in [-0.4, -0.2) is 35.1 Å². The Morgan fingerprint density at radius 3 is 2.29 bits per heavy atom. The predicted octanol–water partition coefficient (Wildman–Crippen LogP) is 2.61. The molecule has 0 amide bonds. The zero-order valence-electron chi connectivity index (χ0n) is 11.3. The molecule has 2 atom stereocenters. The van der Waals surface area contributed by atoms with Gasteiger partial charge in [-0.1, -0.05) is 20.8 Å². The van der Waals surface area contributed by atoms with Crippen molar-refractivity contribution in [1.29, 1.82) is 0 Å². The molecule has 1 saturated heterocycles. The monoisotopic (exact) mass is 239 g/mol. The number of hydrogen-bond acceptors (Lipinski definition) is 2. The molecule has 0 aromatic carbocycles. The minimum absolute atomic E-state index is 0.148. The quantitative estimate of drug-likeness (QED) is 0.805. The summed E-state index contributed by atoms with van der Waals surface area (Å²) in [7, 11) is 0. The Kier molecular flexibility index (Phi) is 3.48. The summed E-state index contributed by atoms with van der Waals surface area (Å²) >= 11 is 0. The van der Waals surface area contributed by atoms with Crippen molar-refractivity contribution >= 4 is 5.97 Å². The van der Waals surface area contributed by atoms with Crippen LogP contribution in [0.1, 0.15) is 46.5 Å². The molecule has 2 aliphatic rings. The van der Waals surface area contributed by atoms with E-state index in [9.17, 15) is 4.79 Å². The average Bonchev–Trinajstić information content (AvgIpc) is 2.60. The summed E-state index contributed by atoms with van der Waals surface area (Å²) in [6.45, 7) is 8.50. The lowest BCUT2D eigenvalue weighted by molar-refractivity contribution is -0.142. The van der Waals surface area contributed by atoms with Crippen molar-refractivity contribution in [3.8, 4) is 0 Å². The van der Waals surface area contributed by atoms with Gasteiger partial charge in [0.15, 0.2) is 0 Å². The second kappa shape index (κ2) is 4.60. The molecular weight excluding hydrogens is 214 g/mol. The van der Waals surface area contributed by atoms with E-state index < -0.39 is 5.97 Å². The van der Waals surface area contributed by atoms with Gasteiger partial charge in [-0.25, -0.2) is 0 Å². The fourth-order valence-corrected chi connectivity index (χ4v) is 3.37. The molecule has 1 N–H and O–H groups in total. The van der Waals surface area contributed by atoms with E-state index in [0.29, 0.717) is 17.4 Å². The van der Waals surface area contributed by atoms with Gasteiger partial charge < -0.3 is 5.11 Å². The third-order valence-electron chi connectivity index (χ3n) is 4.78. The Morgan fingerprint density at radius 2 is 1.82 bits per heavy atom. The molecule has 98 valence electrons. The standard InChI is InChI=1S/C14H25NO2/c1-10-8-15(9-12(10)13(16)17)11-4-6-14(2,3)7-5-11/h10-12H,4-9H2,1-3H3,(H,16,17). The maximum atomic E-state index is 11.1. The van der Waals surface area contributed by atoms with Crippen LogP contribution in [-0.2, 0) is 4.79 Å². The van der Waals surface area contributed by atoms with Crippen LogP contribution in [0.5, 0.6) is 0 Å². The largest absolute Gasteiger partial charge is 0.481 e. The van der Waals surface area contributed by atoms with E-state index in [1.165, 1.54) is 25.7 Å². The zero-order valence-corrected chi connectivity index (χ0v) is 11.3. The summed E-state index contributed by atoms with van der Waals surface area (Å²) in [5, 5.41) is 9.16. The van der Waals surface area contributed by atoms with Gasteiger partial charge >= 0.3 is 5.97 Å². The average molecular weight is 239 g/mol. The first-order valence-electron chi connectivity index (χ1n) is 6.86. The first kappa shape index (κ1) is 12.9. The molecule has 0 spiro atoms. The molecule has 0 aromatic rings. The molecule has 3 nitrogen and oxygen atoms in total. The highest BCUT2D eigenvalue weighted by Crippen LogP contribution is 2.38. The van der Waals surface area contributed by atoms with E-state index in [-0.39, 0.29) is 5.92 Å². The van der Waals surface area contributed by atoms with E-state index in [4.69, 9.17) is 5.11 Å². The van der Waals surface area contributed by atoms with Gasteiger partial charge in [-0.05, 0) is 37.0 Å². The maximum Gasteiger partial charge on any atom is 0.308 e. The molecule has 17 heavy (non-hydrogen) atoms. The molecule has 2 rings (SSSR count). The van der Waals surface area contributed by atoms with E-state index in [1.54, 1.807) is 0 Å². The van der Waals surface area contributed by atoms with Gasteiger partial charge in [0.25, 0.3) is 0 Å². The maximum absolute atomic E-state index is 11.1. The molecule has 0 aromatic heterocycles. The number of carboxylic acids is 1. The van der Waals surface area contributed by atoms with Crippen molar-refractivity contribution in [1.82, 2.24) is 4.90 Å². The molecule has 1 aliphatic carbocycles. The lowest BCUT2D eigenvalue weighted by Gasteiger charge is -2.38. The smallest absolute Gasteiger partial charge is 0.308 e. The lowest BCUT2D eigenvalue weighted by atomic mass is 9.75. The number of aliphatic carboxylic acids is 1. The summed E-state index contributed by atoms with van der Waals surface area (Å²) in [6.07, 6.45) is 5.04. The summed E-state index contributed by atoms with van der Waals surface area (Å²) in [4.78, 5) is 13.5. The van der Waals surface area contributed by atoms with Crippen molar-refractivity contribution in [2.45, 2.75) is 52.5 Å². The first-order valence-corrected chi connectivity index (χ1v) is 6.86. The second-order valence-corrected chi connectivity index (χ2v) is 6.77. The van der Waals surface area contributed by atoms with Gasteiger partial charge in [0.05, 0.1) is 5.92 Å². The highest BCUT2D eigenvalue weighted by molar-refractivity contribution is 5.71. The molecule has 0 radical (unpaired) electrons. The van der Waals surface area contributed by atoms with Crippen LogP contribution >= 0.6 is 0 Å². The fraction of sp³-hybridized carbons (Fsp3) is 0.929. The molecule has 3 heteroatoms. The Labute approximate surface area is 104 Å². The van der Waals surface area contributed by atoms with Crippen LogP contribution in [0.15, 0.2) is 0 Å². The molecule has 2 unspecified atom stereocenters. The molecule has 1 saturated carbocycles. The minimum atomic E-state index is -0.615. The normalized spacial score (nSPS) is 35.0. The third kappa shape index (κ3) is 2.82. The molecular formula is C14H25NO2. The number of rotatable bonds is 2. The minimum Gasteiger partial charge on any atom is -0.481 e. The summed E-state index contributed by atoms with van der Waals surface area (Å²) in [5.41, 5.74) is 0.494. The highest BCUT2D eigenvalue weighted by atomic mass is 16.4. The van der Waals surface area contributed by atoms with Crippen LogP contribution in [0.2, 0.25) is 0 Å². The van der Waals surface area contributed by atoms with E-state index in [2.05, 4.69) is 25.7 Å². The summed E-state index contributed by atoms with van der Waals surface area (Å²) in [6, 6.07) is 0.634. The van der Waals surface area contributed by atoms with E-state index in [1.807, 2.05) is 0 Å². The highest BCUT2D eigenvalue weighted by Gasteiger charge is 2.39. The van der Waals surface area contributed by atoms with Crippen molar-refractivity contribution in [2.24, 2.45) is 17.3 Å². The lowest BCUT2D eigenvalue weighted by Crippen LogP contribution is -2.38. The third-order valence-corrected chi connectivity index (χ3v) is 4.78. The number of carbonyl (C=O) groups is 1. The first-order chi connectivity index (χ1) is 7.89. The Balaban J connectivity index is 1.91. The van der Waals surface area contributed by atoms with Crippen molar-refractivity contribution < 1.29 is 9.90 Å². The number of nitrogens with zero attached hydrogens (tertiary/aromatic N) is 1. The zero-order chi connectivity index (χ0) is 12.6. The van der Waals surface area contributed by atoms with Gasteiger partial charge in [-0.2, -0.15) is 0 Å². The second-order valence-electron chi connectivity index (χ2n) is 6.77.